The molecule has 0 radical (unpaired) electrons. The van der Waals surface area contributed by atoms with Gasteiger partial charge in [0.1, 0.15) is 0 Å². The van der Waals surface area contributed by atoms with Crippen LogP contribution in [0.15, 0.2) is 42.7 Å². The number of benzene rings is 1. The molecule has 0 saturated carbocycles. The van der Waals surface area contributed by atoms with Gasteiger partial charge in [-0.25, -0.2) is 9.97 Å². The molecule has 1 aliphatic heterocycles. The normalized spacial score (nSPS) is 19.1. The van der Waals surface area contributed by atoms with E-state index < -0.39 is 11.9 Å². The monoisotopic (exact) mass is 447 g/mol. The molecule has 1 aromatic carbocycles. The Morgan fingerprint density at radius 3 is 2.27 bits per heavy atom. The molecule has 0 spiro atoms. The third-order valence-electron chi connectivity index (χ3n) is 7.08. The summed E-state index contributed by atoms with van der Waals surface area (Å²) < 4.78 is 0. The Balaban J connectivity index is 1.31. The van der Waals surface area contributed by atoms with Gasteiger partial charge in [0.2, 0.25) is 5.91 Å². The molecule has 1 fully saturated rings. The fraction of sp³-hybridized carbons (Fsp3) is 0.481. The third kappa shape index (κ3) is 5.49. The van der Waals surface area contributed by atoms with Crippen LogP contribution in [0.3, 0.4) is 0 Å². The fourth-order valence-electron chi connectivity index (χ4n) is 4.59. The number of allylic oxidation sites excluding steroid dienone is 2. The van der Waals surface area contributed by atoms with E-state index in [1.165, 1.54) is 12.0 Å². The number of aliphatic carboxylic acids is 1. The van der Waals surface area contributed by atoms with E-state index >= 15 is 0 Å². The van der Waals surface area contributed by atoms with Crippen molar-refractivity contribution in [2.75, 3.05) is 13.1 Å². The van der Waals surface area contributed by atoms with Crippen LogP contribution in [-0.2, 0) is 16.0 Å². The molecule has 2 aliphatic rings. The minimum absolute atomic E-state index is 0.0151. The molecule has 33 heavy (non-hydrogen) atoms. The molecular formula is C27H33N3O3. The second kappa shape index (κ2) is 9.46. The second-order valence-corrected chi connectivity index (χ2v) is 10.4. The van der Waals surface area contributed by atoms with Crippen molar-refractivity contribution in [2.45, 2.75) is 52.9 Å². The van der Waals surface area contributed by atoms with Crippen molar-refractivity contribution in [3.05, 3.63) is 53.9 Å². The molecule has 6 nitrogen and oxygen atoms in total. The van der Waals surface area contributed by atoms with Gasteiger partial charge in [-0.3, -0.25) is 9.59 Å². The van der Waals surface area contributed by atoms with Gasteiger partial charge < -0.3 is 10.0 Å². The summed E-state index contributed by atoms with van der Waals surface area (Å²) in [7, 11) is 0. The Morgan fingerprint density at radius 1 is 1.06 bits per heavy atom. The number of carboxylic acid groups (broad SMARTS) is 1. The highest BCUT2D eigenvalue weighted by Crippen LogP contribution is 2.39. The molecule has 1 atom stereocenters. The van der Waals surface area contributed by atoms with E-state index in [1.807, 2.05) is 36.7 Å². The van der Waals surface area contributed by atoms with Crippen molar-refractivity contribution in [1.82, 2.24) is 14.9 Å². The second-order valence-electron chi connectivity index (χ2n) is 10.4. The number of rotatable bonds is 6. The molecule has 1 aliphatic carbocycles. The molecule has 4 rings (SSSR count). The first-order valence-corrected chi connectivity index (χ1v) is 11.8. The number of aryl methyl sites for hydroxylation is 1. The zero-order chi connectivity index (χ0) is 23.6. The molecule has 2 heterocycles. The van der Waals surface area contributed by atoms with Crippen LogP contribution < -0.4 is 0 Å². The fourth-order valence-corrected chi connectivity index (χ4v) is 4.59. The smallest absolute Gasteiger partial charge is 0.310 e. The van der Waals surface area contributed by atoms with Crippen LogP contribution >= 0.6 is 0 Å². The van der Waals surface area contributed by atoms with Gasteiger partial charge in [0.05, 0.1) is 5.92 Å². The van der Waals surface area contributed by atoms with Crippen LogP contribution in [0.5, 0.6) is 0 Å². The molecule has 6 heteroatoms. The number of carbonyl (C=O) groups excluding carboxylic acids is 1. The van der Waals surface area contributed by atoms with Gasteiger partial charge in [0.25, 0.3) is 0 Å². The van der Waals surface area contributed by atoms with E-state index in [1.54, 1.807) is 4.90 Å². The largest absolute Gasteiger partial charge is 0.481 e. The summed E-state index contributed by atoms with van der Waals surface area (Å²) in [6.07, 6.45) is 10.6. The van der Waals surface area contributed by atoms with E-state index in [4.69, 9.17) is 5.11 Å². The lowest BCUT2D eigenvalue weighted by molar-refractivity contribution is -0.152. The average molecular weight is 448 g/mol. The number of nitrogens with zero attached hydrogens (tertiary/aromatic N) is 3. The summed E-state index contributed by atoms with van der Waals surface area (Å²) in [6, 6.07) is 8.00. The predicted molar refractivity (Wildman–Crippen MR) is 128 cm³/mol. The number of carbonyl (C=O) groups is 2. The molecule has 1 aromatic heterocycles. The summed E-state index contributed by atoms with van der Waals surface area (Å²) in [5.41, 5.74) is 4.82. The van der Waals surface area contributed by atoms with Gasteiger partial charge in [-0.15, -0.1) is 0 Å². The van der Waals surface area contributed by atoms with E-state index in [0.717, 1.165) is 35.4 Å². The molecule has 174 valence electrons. The van der Waals surface area contributed by atoms with Crippen LogP contribution in [0, 0.1) is 17.3 Å². The lowest BCUT2D eigenvalue weighted by atomic mass is 9.72. The van der Waals surface area contributed by atoms with Crippen LogP contribution in [-0.4, -0.2) is 44.9 Å². The topological polar surface area (TPSA) is 83.4 Å². The summed E-state index contributed by atoms with van der Waals surface area (Å²) >= 11 is 0. The lowest BCUT2D eigenvalue weighted by Crippen LogP contribution is -2.53. The van der Waals surface area contributed by atoms with Crippen LogP contribution in [0.4, 0.5) is 0 Å². The molecule has 1 amide bonds. The highest BCUT2D eigenvalue weighted by Gasteiger charge is 2.35. The molecule has 1 unspecified atom stereocenters. The number of hydrogen-bond donors (Lipinski definition) is 1. The van der Waals surface area contributed by atoms with Gasteiger partial charge in [-0.1, -0.05) is 51.1 Å². The van der Waals surface area contributed by atoms with Crippen molar-refractivity contribution < 1.29 is 14.7 Å². The molecular weight excluding hydrogens is 414 g/mol. The first-order chi connectivity index (χ1) is 15.7. The Bertz CT molecular complexity index is 1030. The standard InChI is InChI=1S/C27H33N3O3/c1-27(2,3)23-11-9-19(10-12-23)21-14-28-25(29-15-21)20-7-4-18(5-8-20)6-13-24(31)30-16-22(17-30)26(32)33/h4-5,7-9,14-15,22-23H,6,10-13,16-17H2,1-3H3,(H,32,33). The van der Waals surface area contributed by atoms with Crippen molar-refractivity contribution in [3.8, 4) is 11.4 Å². The van der Waals surface area contributed by atoms with E-state index in [2.05, 4.69) is 36.8 Å². The SMILES string of the molecule is CC(C)(C)C1CC=C(c2cnc(-c3ccc(CCC(=O)N4CC(C(=O)O)C4)cc3)nc2)CC1. The molecule has 1 N–H and O–H groups in total. The summed E-state index contributed by atoms with van der Waals surface area (Å²) in [5.74, 6) is 0.207. The van der Waals surface area contributed by atoms with Gasteiger partial charge in [-0.05, 0) is 48.2 Å². The summed E-state index contributed by atoms with van der Waals surface area (Å²) in [5, 5.41) is 8.93. The first-order valence-electron chi connectivity index (χ1n) is 11.8. The quantitative estimate of drug-likeness (QED) is 0.684. The molecule has 1 saturated heterocycles. The first kappa shape index (κ1) is 23.1. The van der Waals surface area contributed by atoms with E-state index in [9.17, 15) is 9.59 Å². The number of carboxylic acids is 1. The molecule has 0 bridgehead atoms. The summed E-state index contributed by atoms with van der Waals surface area (Å²) in [6.45, 7) is 7.61. The van der Waals surface area contributed by atoms with Crippen LogP contribution in [0.1, 0.15) is 57.6 Å². The number of aromatic nitrogens is 2. The maximum Gasteiger partial charge on any atom is 0.310 e. The van der Waals surface area contributed by atoms with Crippen molar-refractivity contribution in [3.63, 3.8) is 0 Å². The van der Waals surface area contributed by atoms with Gasteiger partial charge >= 0.3 is 5.97 Å². The van der Waals surface area contributed by atoms with Crippen LogP contribution in [0.25, 0.3) is 17.0 Å². The maximum atomic E-state index is 12.2. The predicted octanol–water partition coefficient (Wildman–Crippen LogP) is 4.85. The minimum Gasteiger partial charge on any atom is -0.481 e. The Kier molecular flexibility index (Phi) is 6.63. The van der Waals surface area contributed by atoms with Gasteiger partial charge in [0, 0.05) is 43.0 Å². The zero-order valence-corrected chi connectivity index (χ0v) is 19.8. The van der Waals surface area contributed by atoms with E-state index in [0.29, 0.717) is 37.2 Å². The molecule has 2 aromatic rings. The third-order valence-corrected chi connectivity index (χ3v) is 7.08. The van der Waals surface area contributed by atoms with Crippen LogP contribution in [0.2, 0.25) is 0 Å². The Morgan fingerprint density at radius 2 is 1.73 bits per heavy atom. The van der Waals surface area contributed by atoms with Crippen molar-refractivity contribution in [2.24, 2.45) is 17.3 Å². The number of likely N-dealkylation sites (tertiary alicyclic amines) is 1. The van der Waals surface area contributed by atoms with Crippen molar-refractivity contribution in [1.29, 1.82) is 0 Å². The Labute approximate surface area is 195 Å². The highest BCUT2D eigenvalue weighted by molar-refractivity contribution is 5.81. The lowest BCUT2D eigenvalue weighted by Gasteiger charge is -2.36. The zero-order valence-electron chi connectivity index (χ0n) is 19.8. The van der Waals surface area contributed by atoms with Gasteiger partial charge in [-0.2, -0.15) is 0 Å². The summed E-state index contributed by atoms with van der Waals surface area (Å²) in [4.78, 5) is 33.9. The highest BCUT2D eigenvalue weighted by atomic mass is 16.4. The minimum atomic E-state index is -0.825. The number of amides is 1. The maximum absolute atomic E-state index is 12.2. The Hall–Kier alpha value is -3.02. The average Bonchev–Trinajstić information content (AvgIpc) is 2.76. The van der Waals surface area contributed by atoms with E-state index in [-0.39, 0.29) is 5.91 Å². The van der Waals surface area contributed by atoms with Gasteiger partial charge in [0.15, 0.2) is 5.82 Å². The number of hydrogen-bond acceptors (Lipinski definition) is 4. The van der Waals surface area contributed by atoms with Crippen molar-refractivity contribution >= 4 is 17.4 Å².